The number of nitrogens with one attached hydrogen (secondary N) is 1. The molecule has 0 bridgehead atoms. The first-order chi connectivity index (χ1) is 16.4. The Morgan fingerprint density at radius 1 is 1.00 bits per heavy atom. The minimum Gasteiger partial charge on any atom is -0.449 e. The van der Waals surface area contributed by atoms with Gasteiger partial charge in [-0.05, 0) is 62.4 Å². The van der Waals surface area contributed by atoms with Crippen molar-refractivity contribution in [1.29, 1.82) is 0 Å². The van der Waals surface area contributed by atoms with Gasteiger partial charge in [-0.1, -0.05) is 49.6 Å². The molecular weight excluding hydrogens is 430 g/mol. The second-order valence-corrected chi connectivity index (χ2v) is 8.93. The highest BCUT2D eigenvalue weighted by Crippen LogP contribution is 2.32. The number of amides is 1. The fourth-order valence-electron chi connectivity index (χ4n) is 4.55. The Kier molecular flexibility index (Phi) is 7.01. The number of hydrogen-bond donors (Lipinski definition) is 1. The summed E-state index contributed by atoms with van der Waals surface area (Å²) < 4.78 is 8.55. The number of esters is 1. The molecule has 7 nitrogen and oxygen atoms in total. The van der Waals surface area contributed by atoms with E-state index in [0.717, 1.165) is 0 Å². The van der Waals surface area contributed by atoms with E-state index in [0.29, 0.717) is 22.9 Å². The number of anilines is 1. The number of nitrogens with zero attached hydrogens (tertiary/aromatic N) is 2. The summed E-state index contributed by atoms with van der Waals surface area (Å²) in [5, 5.41) is 2.65. The van der Waals surface area contributed by atoms with Crippen molar-refractivity contribution in [2.24, 2.45) is 7.05 Å². The van der Waals surface area contributed by atoms with Crippen molar-refractivity contribution in [2.45, 2.75) is 58.0 Å². The average molecular weight is 462 g/mol. The van der Waals surface area contributed by atoms with Gasteiger partial charge < -0.3 is 10.1 Å². The van der Waals surface area contributed by atoms with Gasteiger partial charge in [-0.15, -0.1) is 0 Å². The van der Waals surface area contributed by atoms with Crippen LogP contribution in [0.15, 0.2) is 59.4 Å². The molecular formula is C27H31N3O4. The number of aromatic nitrogens is 2. The maximum Gasteiger partial charge on any atom is 0.338 e. The molecule has 1 saturated carbocycles. The Hall–Kier alpha value is -3.61. The van der Waals surface area contributed by atoms with Crippen LogP contribution in [-0.2, 0) is 16.6 Å². The maximum atomic E-state index is 13.0. The van der Waals surface area contributed by atoms with Crippen molar-refractivity contribution in [1.82, 2.24) is 9.36 Å². The quantitative estimate of drug-likeness (QED) is 0.539. The summed E-state index contributed by atoms with van der Waals surface area (Å²) in [7, 11) is 1.75. The van der Waals surface area contributed by atoms with Crippen molar-refractivity contribution in [3.63, 3.8) is 0 Å². The Bertz CT molecular complexity index is 1220. The summed E-state index contributed by atoms with van der Waals surface area (Å²) in [6, 6.07) is 16.7. The van der Waals surface area contributed by atoms with Gasteiger partial charge in [0.05, 0.1) is 16.9 Å². The Labute approximate surface area is 199 Å². The van der Waals surface area contributed by atoms with Gasteiger partial charge in [-0.25, -0.2) is 9.48 Å². The van der Waals surface area contributed by atoms with E-state index in [1.54, 1.807) is 30.8 Å². The van der Waals surface area contributed by atoms with Gasteiger partial charge in [-0.3, -0.25) is 14.3 Å². The highest BCUT2D eigenvalue weighted by Gasteiger charge is 2.24. The molecule has 1 aromatic heterocycles. The lowest BCUT2D eigenvalue weighted by Gasteiger charge is -2.22. The van der Waals surface area contributed by atoms with E-state index in [1.165, 1.54) is 49.3 Å². The molecule has 0 aliphatic heterocycles. The molecule has 0 radical (unpaired) electrons. The second-order valence-electron chi connectivity index (χ2n) is 8.93. The third kappa shape index (κ3) is 4.83. The summed E-state index contributed by atoms with van der Waals surface area (Å²) in [5.41, 5.74) is 2.75. The van der Waals surface area contributed by atoms with Crippen LogP contribution in [-0.4, -0.2) is 27.3 Å². The maximum absolute atomic E-state index is 13.0. The number of rotatable bonds is 6. The zero-order valence-corrected chi connectivity index (χ0v) is 19.9. The first-order valence-corrected chi connectivity index (χ1v) is 11.8. The minimum absolute atomic E-state index is 0.163. The predicted octanol–water partition coefficient (Wildman–Crippen LogP) is 4.72. The van der Waals surface area contributed by atoms with Gasteiger partial charge in [0, 0.05) is 7.05 Å². The Morgan fingerprint density at radius 3 is 2.29 bits per heavy atom. The Morgan fingerprint density at radius 2 is 1.65 bits per heavy atom. The van der Waals surface area contributed by atoms with E-state index in [9.17, 15) is 14.4 Å². The first-order valence-electron chi connectivity index (χ1n) is 11.8. The van der Waals surface area contributed by atoms with Crippen LogP contribution in [0.1, 0.15) is 66.6 Å². The molecule has 1 amide bonds. The summed E-state index contributed by atoms with van der Waals surface area (Å²) in [6.07, 6.45) is 5.10. The number of carbonyl (C=O) groups is 2. The smallest absolute Gasteiger partial charge is 0.338 e. The average Bonchev–Trinajstić information content (AvgIpc) is 3.08. The topological polar surface area (TPSA) is 82.3 Å². The molecule has 2 aromatic carbocycles. The minimum atomic E-state index is -1.06. The Balaban J connectivity index is 1.42. The lowest BCUT2D eigenvalue weighted by Crippen LogP contribution is -2.32. The van der Waals surface area contributed by atoms with E-state index in [1.807, 2.05) is 42.5 Å². The summed E-state index contributed by atoms with van der Waals surface area (Å²) in [6.45, 7) is 3.25. The van der Waals surface area contributed by atoms with E-state index >= 15 is 0 Å². The van der Waals surface area contributed by atoms with Crippen molar-refractivity contribution >= 4 is 17.6 Å². The molecule has 1 fully saturated rings. The molecule has 1 N–H and O–H groups in total. The first kappa shape index (κ1) is 23.5. The van der Waals surface area contributed by atoms with Crippen LogP contribution in [0.5, 0.6) is 0 Å². The number of ether oxygens (including phenoxy) is 1. The molecule has 178 valence electrons. The fourth-order valence-corrected chi connectivity index (χ4v) is 4.55. The second kappa shape index (κ2) is 10.1. The third-order valence-corrected chi connectivity index (χ3v) is 6.68. The molecule has 3 aromatic rings. The highest BCUT2D eigenvalue weighted by molar-refractivity contribution is 5.97. The predicted molar refractivity (Wildman–Crippen MR) is 132 cm³/mol. The highest BCUT2D eigenvalue weighted by atomic mass is 16.5. The van der Waals surface area contributed by atoms with Crippen LogP contribution < -0.4 is 10.9 Å². The lowest BCUT2D eigenvalue weighted by molar-refractivity contribution is -0.123. The number of benzene rings is 2. The van der Waals surface area contributed by atoms with Gasteiger partial charge in [0.2, 0.25) is 0 Å². The molecule has 1 heterocycles. The van der Waals surface area contributed by atoms with Crippen molar-refractivity contribution < 1.29 is 14.3 Å². The summed E-state index contributed by atoms with van der Waals surface area (Å²) >= 11 is 0. The van der Waals surface area contributed by atoms with E-state index in [2.05, 4.69) is 5.32 Å². The molecule has 1 atom stereocenters. The van der Waals surface area contributed by atoms with Crippen LogP contribution in [0.25, 0.3) is 5.69 Å². The number of para-hydroxylation sites is 1. The van der Waals surface area contributed by atoms with Crippen LogP contribution in [0, 0.1) is 6.92 Å². The van der Waals surface area contributed by atoms with Crippen LogP contribution >= 0.6 is 0 Å². The fraction of sp³-hybridized carbons (Fsp3) is 0.370. The van der Waals surface area contributed by atoms with Gasteiger partial charge >= 0.3 is 5.97 Å². The molecule has 34 heavy (non-hydrogen) atoms. The lowest BCUT2D eigenvalue weighted by atomic mass is 9.84. The number of hydrogen-bond acceptors (Lipinski definition) is 4. The van der Waals surface area contributed by atoms with Gasteiger partial charge in [0.1, 0.15) is 5.69 Å². The number of carbonyl (C=O) groups excluding carboxylic acids is 2. The van der Waals surface area contributed by atoms with Gasteiger partial charge in [0.25, 0.3) is 11.5 Å². The third-order valence-electron chi connectivity index (χ3n) is 6.68. The van der Waals surface area contributed by atoms with Crippen molar-refractivity contribution in [2.75, 3.05) is 5.32 Å². The normalized spacial score (nSPS) is 15.0. The molecule has 4 rings (SSSR count). The molecule has 1 aliphatic rings. The van der Waals surface area contributed by atoms with E-state index in [4.69, 9.17) is 4.74 Å². The van der Waals surface area contributed by atoms with Crippen molar-refractivity contribution in [3.8, 4) is 5.69 Å². The summed E-state index contributed by atoms with van der Waals surface area (Å²) in [4.78, 5) is 38.4. The SMILES string of the molecule is Cc1c(NC(=O)[C@H](C)OC(=O)c2ccc(C3CCCCC3)cc2)c(=O)n(-c2ccccc2)n1C. The standard InChI is InChI=1S/C27H31N3O4/c1-18-24(26(32)30(29(18)3)23-12-8-5-9-13-23)28-25(31)19(2)34-27(33)22-16-14-21(15-17-22)20-10-6-4-7-11-20/h5,8-9,12-17,19-20H,4,6-7,10-11H2,1-3H3,(H,28,31)/t19-/m0/s1. The van der Waals surface area contributed by atoms with E-state index in [-0.39, 0.29) is 11.2 Å². The van der Waals surface area contributed by atoms with E-state index < -0.39 is 18.0 Å². The van der Waals surface area contributed by atoms with Crippen molar-refractivity contribution in [3.05, 3.63) is 81.8 Å². The zero-order chi connectivity index (χ0) is 24.2. The molecule has 0 unspecified atom stereocenters. The summed E-state index contributed by atoms with van der Waals surface area (Å²) in [5.74, 6) is -0.569. The monoisotopic (exact) mass is 461 g/mol. The van der Waals surface area contributed by atoms with Crippen LogP contribution in [0.3, 0.4) is 0 Å². The molecule has 0 spiro atoms. The van der Waals surface area contributed by atoms with Gasteiger partial charge in [-0.2, -0.15) is 0 Å². The van der Waals surface area contributed by atoms with Gasteiger partial charge in [0.15, 0.2) is 6.10 Å². The van der Waals surface area contributed by atoms with Crippen LogP contribution in [0.2, 0.25) is 0 Å². The molecule has 0 saturated heterocycles. The largest absolute Gasteiger partial charge is 0.449 e. The zero-order valence-electron chi connectivity index (χ0n) is 19.9. The molecule has 1 aliphatic carbocycles. The van der Waals surface area contributed by atoms with Crippen LogP contribution in [0.4, 0.5) is 5.69 Å². The molecule has 7 heteroatoms.